The fourth-order valence-corrected chi connectivity index (χ4v) is 4.05. The van der Waals surface area contributed by atoms with Crippen molar-refractivity contribution >= 4 is 22.6 Å². The van der Waals surface area contributed by atoms with Gasteiger partial charge >= 0.3 is 12.1 Å². The summed E-state index contributed by atoms with van der Waals surface area (Å²) in [4.78, 5) is 25.3. The molecule has 0 saturated heterocycles. The highest BCUT2D eigenvalue weighted by atomic mass is 19.4. The molecule has 4 aromatic carbocycles. The molecule has 2 N–H and O–H groups in total. The van der Waals surface area contributed by atoms with E-state index in [2.05, 4.69) is 5.32 Å². The lowest BCUT2D eigenvalue weighted by Gasteiger charge is -2.23. The number of fused-ring (bicyclic) bond motifs is 1. The lowest BCUT2D eigenvalue weighted by Crippen LogP contribution is -2.48. The van der Waals surface area contributed by atoms with E-state index in [1.807, 2.05) is 30.3 Å². The van der Waals surface area contributed by atoms with Gasteiger partial charge in [-0.15, -0.1) is 0 Å². The number of rotatable bonds is 10. The minimum absolute atomic E-state index is 0.0249. The minimum Gasteiger partial charge on any atom is -0.487 e. The Kier molecular flexibility index (Phi) is 8.69. The SMILES string of the molecule is C[C@H](OCc1ccccc1)[C@H](NC(=O)c1ccc2cc(F)ccc2c1OCc1ccc(C(F)(F)F)cc1)C(=O)O. The maximum atomic E-state index is 13.9. The fourth-order valence-electron chi connectivity index (χ4n) is 4.05. The van der Waals surface area contributed by atoms with Crippen LogP contribution in [-0.2, 0) is 28.9 Å². The average molecular weight is 556 g/mol. The van der Waals surface area contributed by atoms with E-state index in [0.29, 0.717) is 16.3 Å². The topological polar surface area (TPSA) is 84.9 Å². The molecule has 0 heterocycles. The minimum atomic E-state index is -4.49. The summed E-state index contributed by atoms with van der Waals surface area (Å²) in [5.41, 5.74) is 0.364. The van der Waals surface area contributed by atoms with Crippen LogP contribution < -0.4 is 10.1 Å². The maximum absolute atomic E-state index is 13.9. The lowest BCUT2D eigenvalue weighted by atomic mass is 10.0. The molecule has 0 saturated carbocycles. The molecule has 0 spiro atoms. The molecular formula is C30H25F4NO5. The number of benzene rings is 4. The van der Waals surface area contributed by atoms with Crippen molar-refractivity contribution in [2.45, 2.75) is 38.5 Å². The van der Waals surface area contributed by atoms with Gasteiger partial charge in [-0.2, -0.15) is 13.2 Å². The van der Waals surface area contributed by atoms with E-state index in [9.17, 15) is 32.3 Å². The summed E-state index contributed by atoms with van der Waals surface area (Å²) in [6.45, 7) is 1.45. The van der Waals surface area contributed by atoms with E-state index in [-0.39, 0.29) is 24.5 Å². The zero-order valence-corrected chi connectivity index (χ0v) is 21.2. The van der Waals surface area contributed by atoms with Gasteiger partial charge in [0.2, 0.25) is 0 Å². The number of ether oxygens (including phenoxy) is 2. The second kappa shape index (κ2) is 12.2. The Labute approximate surface area is 227 Å². The van der Waals surface area contributed by atoms with Crippen LogP contribution in [0.2, 0.25) is 0 Å². The summed E-state index contributed by atoms with van der Waals surface area (Å²) in [6.07, 6.45) is -5.40. The Morgan fingerprint density at radius 1 is 0.900 bits per heavy atom. The van der Waals surface area contributed by atoms with Crippen LogP contribution in [0, 0.1) is 5.82 Å². The van der Waals surface area contributed by atoms with Gasteiger partial charge in [0.05, 0.1) is 23.8 Å². The van der Waals surface area contributed by atoms with Gasteiger partial charge in [-0.05, 0) is 59.8 Å². The van der Waals surface area contributed by atoms with Crippen LogP contribution in [0.1, 0.15) is 34.0 Å². The zero-order chi connectivity index (χ0) is 28.9. The number of carboxylic acid groups (broad SMARTS) is 1. The standard InChI is InChI=1S/C30H25F4NO5/c1-18(39-16-19-5-3-2-4-6-19)26(29(37)38)35-28(36)25-13-9-21-15-23(31)12-14-24(21)27(25)40-17-20-7-10-22(11-8-20)30(32,33)34/h2-15,18,26H,16-17H2,1H3,(H,35,36)(H,37,38)/t18-,26-/m0/s1. The Bertz CT molecular complexity index is 1490. The van der Waals surface area contributed by atoms with Crippen molar-refractivity contribution < 1.29 is 41.7 Å². The van der Waals surface area contributed by atoms with Crippen molar-refractivity contribution in [3.63, 3.8) is 0 Å². The van der Waals surface area contributed by atoms with Gasteiger partial charge < -0.3 is 19.9 Å². The number of alkyl halides is 3. The quantitative estimate of drug-likeness (QED) is 0.222. The molecule has 1 amide bonds. The number of carbonyl (C=O) groups is 2. The first-order valence-electron chi connectivity index (χ1n) is 12.2. The van der Waals surface area contributed by atoms with E-state index in [0.717, 1.165) is 17.7 Å². The Balaban J connectivity index is 1.57. The van der Waals surface area contributed by atoms with Crippen molar-refractivity contribution in [1.82, 2.24) is 5.32 Å². The molecule has 4 aromatic rings. The molecule has 0 aliphatic heterocycles. The largest absolute Gasteiger partial charge is 0.487 e. The van der Waals surface area contributed by atoms with Crippen molar-refractivity contribution in [2.75, 3.05) is 0 Å². The van der Waals surface area contributed by atoms with Crippen LogP contribution in [-0.4, -0.2) is 29.1 Å². The van der Waals surface area contributed by atoms with Gasteiger partial charge in [-0.1, -0.05) is 48.5 Å². The van der Waals surface area contributed by atoms with Crippen molar-refractivity contribution in [3.8, 4) is 5.75 Å². The van der Waals surface area contributed by atoms with Gasteiger partial charge in [0.1, 0.15) is 18.2 Å². The van der Waals surface area contributed by atoms with Crippen molar-refractivity contribution in [1.29, 1.82) is 0 Å². The Morgan fingerprint density at radius 3 is 2.23 bits per heavy atom. The first-order chi connectivity index (χ1) is 19.0. The first-order valence-corrected chi connectivity index (χ1v) is 12.2. The van der Waals surface area contributed by atoms with Gasteiger partial charge in [0, 0.05) is 5.39 Å². The maximum Gasteiger partial charge on any atom is 0.416 e. The molecular weight excluding hydrogens is 530 g/mol. The number of hydrogen-bond acceptors (Lipinski definition) is 4. The Hall–Kier alpha value is -4.44. The normalized spacial score (nSPS) is 13.0. The van der Waals surface area contributed by atoms with E-state index < -0.39 is 41.6 Å². The van der Waals surface area contributed by atoms with Crippen LogP contribution in [0.5, 0.6) is 5.75 Å². The summed E-state index contributed by atoms with van der Waals surface area (Å²) in [7, 11) is 0. The molecule has 0 aliphatic rings. The summed E-state index contributed by atoms with van der Waals surface area (Å²) >= 11 is 0. The smallest absolute Gasteiger partial charge is 0.416 e. The van der Waals surface area contributed by atoms with E-state index >= 15 is 0 Å². The van der Waals surface area contributed by atoms with E-state index in [1.54, 1.807) is 0 Å². The highest BCUT2D eigenvalue weighted by Gasteiger charge is 2.31. The number of amides is 1. The number of carboxylic acids is 1. The summed E-state index contributed by atoms with van der Waals surface area (Å²) in [6, 6.07) is 18.7. The monoisotopic (exact) mass is 555 g/mol. The number of hydrogen-bond donors (Lipinski definition) is 2. The summed E-state index contributed by atoms with van der Waals surface area (Å²) in [5, 5.41) is 13.0. The summed E-state index contributed by atoms with van der Waals surface area (Å²) in [5.74, 6) is -2.59. The van der Waals surface area contributed by atoms with Gasteiger partial charge in [0.15, 0.2) is 6.04 Å². The number of aliphatic carboxylic acids is 1. The predicted octanol–water partition coefficient (Wildman–Crippen LogP) is 6.37. The van der Waals surface area contributed by atoms with Crippen LogP contribution in [0.3, 0.4) is 0 Å². The molecule has 6 nitrogen and oxygen atoms in total. The van der Waals surface area contributed by atoms with E-state index in [4.69, 9.17) is 9.47 Å². The second-order valence-electron chi connectivity index (χ2n) is 9.08. The first kappa shape index (κ1) is 28.6. The molecule has 0 fully saturated rings. The third kappa shape index (κ3) is 6.95. The fraction of sp³-hybridized carbons (Fsp3) is 0.200. The van der Waals surface area contributed by atoms with Crippen LogP contribution in [0.15, 0.2) is 84.9 Å². The second-order valence-corrected chi connectivity index (χ2v) is 9.08. The molecule has 0 aromatic heterocycles. The molecule has 10 heteroatoms. The zero-order valence-electron chi connectivity index (χ0n) is 21.2. The van der Waals surface area contributed by atoms with Gasteiger partial charge in [-0.25, -0.2) is 9.18 Å². The van der Waals surface area contributed by atoms with Crippen molar-refractivity contribution in [3.05, 3.63) is 113 Å². The molecule has 0 unspecified atom stereocenters. The third-order valence-electron chi connectivity index (χ3n) is 6.22. The molecule has 4 rings (SSSR count). The molecule has 40 heavy (non-hydrogen) atoms. The number of halogens is 4. The highest BCUT2D eigenvalue weighted by Crippen LogP contribution is 2.33. The number of nitrogens with one attached hydrogen (secondary N) is 1. The molecule has 0 bridgehead atoms. The van der Waals surface area contributed by atoms with Gasteiger partial charge in [0.25, 0.3) is 5.91 Å². The number of carbonyl (C=O) groups excluding carboxylic acids is 1. The van der Waals surface area contributed by atoms with Crippen molar-refractivity contribution in [2.24, 2.45) is 0 Å². The summed E-state index contributed by atoms with van der Waals surface area (Å²) < 4.78 is 64.2. The third-order valence-corrected chi connectivity index (χ3v) is 6.22. The van der Waals surface area contributed by atoms with Crippen LogP contribution >= 0.6 is 0 Å². The highest BCUT2D eigenvalue weighted by molar-refractivity contribution is 6.05. The molecule has 0 aliphatic carbocycles. The lowest BCUT2D eigenvalue weighted by molar-refractivity contribution is -0.143. The molecule has 0 radical (unpaired) electrons. The molecule has 2 atom stereocenters. The van der Waals surface area contributed by atoms with Gasteiger partial charge in [-0.3, -0.25) is 4.79 Å². The van der Waals surface area contributed by atoms with E-state index in [1.165, 1.54) is 49.4 Å². The predicted molar refractivity (Wildman–Crippen MR) is 139 cm³/mol. The Morgan fingerprint density at radius 2 is 1.57 bits per heavy atom. The van der Waals surface area contributed by atoms with Crippen LogP contribution in [0.25, 0.3) is 10.8 Å². The van der Waals surface area contributed by atoms with Crippen LogP contribution in [0.4, 0.5) is 17.6 Å². The average Bonchev–Trinajstić information content (AvgIpc) is 2.93. The molecule has 208 valence electrons.